The minimum atomic E-state index is 0.247. The second kappa shape index (κ2) is 5.35. The Labute approximate surface area is 125 Å². The Morgan fingerprint density at radius 2 is 1.95 bits per heavy atom. The predicted octanol–water partition coefficient (Wildman–Crippen LogP) is 3.41. The van der Waals surface area contributed by atoms with E-state index >= 15 is 0 Å². The number of benzene rings is 1. The van der Waals surface area contributed by atoms with Crippen LogP contribution in [0.1, 0.15) is 41.8 Å². The van der Waals surface area contributed by atoms with Gasteiger partial charge in [-0.25, -0.2) is 4.98 Å². The molecule has 2 aromatic rings. The second-order valence-electron chi connectivity index (χ2n) is 5.98. The minimum Gasteiger partial charge on any atom is -0.383 e. The molecule has 21 heavy (non-hydrogen) atoms. The summed E-state index contributed by atoms with van der Waals surface area (Å²) in [6, 6.07) is 8.87. The number of nitrogens with two attached hydrogens (primary N) is 1. The van der Waals surface area contributed by atoms with E-state index in [-0.39, 0.29) is 6.04 Å². The van der Waals surface area contributed by atoms with Gasteiger partial charge in [-0.15, -0.1) is 0 Å². The van der Waals surface area contributed by atoms with E-state index in [0.29, 0.717) is 17.7 Å². The fourth-order valence-corrected chi connectivity index (χ4v) is 3.00. The van der Waals surface area contributed by atoms with Crippen LogP contribution in [-0.4, -0.2) is 9.97 Å². The van der Waals surface area contributed by atoms with Crippen molar-refractivity contribution in [3.63, 3.8) is 0 Å². The van der Waals surface area contributed by atoms with Crippen molar-refractivity contribution in [2.24, 2.45) is 5.92 Å². The zero-order chi connectivity index (χ0) is 15.0. The first-order valence-electron chi connectivity index (χ1n) is 7.51. The molecule has 3 rings (SSSR count). The lowest BCUT2D eigenvalue weighted by Gasteiger charge is -2.32. The van der Waals surface area contributed by atoms with E-state index in [1.165, 1.54) is 17.5 Å². The molecule has 0 bridgehead atoms. The van der Waals surface area contributed by atoms with Gasteiger partial charge in [0.05, 0.1) is 6.04 Å². The van der Waals surface area contributed by atoms with Gasteiger partial charge in [0.15, 0.2) is 0 Å². The first kappa shape index (κ1) is 13.9. The van der Waals surface area contributed by atoms with Gasteiger partial charge in [-0.3, -0.25) is 0 Å². The van der Waals surface area contributed by atoms with Crippen LogP contribution in [0, 0.1) is 19.8 Å². The number of aryl methyl sites for hydroxylation is 2. The van der Waals surface area contributed by atoms with E-state index in [9.17, 15) is 0 Å². The molecule has 4 heteroatoms. The van der Waals surface area contributed by atoms with Crippen LogP contribution in [0.5, 0.6) is 0 Å². The molecule has 1 aliphatic carbocycles. The van der Waals surface area contributed by atoms with Gasteiger partial charge >= 0.3 is 0 Å². The van der Waals surface area contributed by atoms with Crippen LogP contribution in [0.2, 0.25) is 0 Å². The predicted molar refractivity (Wildman–Crippen MR) is 86.2 cm³/mol. The summed E-state index contributed by atoms with van der Waals surface area (Å²) >= 11 is 0. The van der Waals surface area contributed by atoms with E-state index in [2.05, 4.69) is 46.5 Å². The monoisotopic (exact) mass is 282 g/mol. The van der Waals surface area contributed by atoms with Gasteiger partial charge in [-0.2, -0.15) is 4.98 Å². The van der Waals surface area contributed by atoms with Crippen molar-refractivity contribution in [1.29, 1.82) is 0 Å². The molecule has 0 aliphatic heterocycles. The van der Waals surface area contributed by atoms with E-state index < -0.39 is 0 Å². The van der Waals surface area contributed by atoms with Crippen molar-refractivity contribution in [3.05, 3.63) is 46.6 Å². The fraction of sp³-hybridized carbons (Fsp3) is 0.412. The first-order chi connectivity index (χ1) is 10.1. The second-order valence-corrected chi connectivity index (χ2v) is 5.98. The Kier molecular flexibility index (Phi) is 3.53. The summed E-state index contributed by atoms with van der Waals surface area (Å²) < 4.78 is 0. The molecule has 2 atom stereocenters. The van der Waals surface area contributed by atoms with Crippen molar-refractivity contribution in [3.8, 4) is 0 Å². The summed E-state index contributed by atoms with van der Waals surface area (Å²) in [5.41, 5.74) is 10.6. The Morgan fingerprint density at radius 3 is 2.71 bits per heavy atom. The van der Waals surface area contributed by atoms with Gasteiger partial charge in [-0.05, 0) is 43.7 Å². The number of nitrogens with one attached hydrogen (secondary N) is 1. The molecule has 1 heterocycles. The smallest absolute Gasteiger partial charge is 0.225 e. The Morgan fingerprint density at radius 1 is 1.19 bits per heavy atom. The van der Waals surface area contributed by atoms with Gasteiger partial charge in [0, 0.05) is 11.3 Å². The third-order valence-electron chi connectivity index (χ3n) is 4.54. The maximum absolute atomic E-state index is 5.96. The summed E-state index contributed by atoms with van der Waals surface area (Å²) in [7, 11) is 0. The molecule has 0 saturated carbocycles. The highest BCUT2D eigenvalue weighted by Crippen LogP contribution is 2.36. The standard InChI is InChI=1S/C17H22N4/c1-10-8-9-13-6-4-5-7-14(13)15(10)20-17-19-12(3)11(2)16(18)21-17/h4-7,10,15H,8-9H2,1-3H3,(H3,18,19,20,21). The van der Waals surface area contributed by atoms with Crippen molar-refractivity contribution < 1.29 is 0 Å². The Balaban J connectivity index is 1.94. The number of hydrogen-bond donors (Lipinski definition) is 2. The SMILES string of the molecule is Cc1nc(NC2c3ccccc3CCC2C)nc(N)c1C. The van der Waals surface area contributed by atoms with Crippen molar-refractivity contribution in [2.75, 3.05) is 11.1 Å². The zero-order valence-corrected chi connectivity index (χ0v) is 12.9. The average molecular weight is 282 g/mol. The van der Waals surface area contributed by atoms with Crippen LogP contribution < -0.4 is 11.1 Å². The van der Waals surface area contributed by atoms with Crippen molar-refractivity contribution in [2.45, 2.75) is 39.7 Å². The van der Waals surface area contributed by atoms with Crippen LogP contribution in [0.4, 0.5) is 11.8 Å². The van der Waals surface area contributed by atoms with Gasteiger partial charge in [0.1, 0.15) is 5.82 Å². The molecule has 0 radical (unpaired) electrons. The number of fused-ring (bicyclic) bond motifs is 1. The largest absolute Gasteiger partial charge is 0.383 e. The average Bonchev–Trinajstić information content (AvgIpc) is 2.47. The third-order valence-corrected chi connectivity index (χ3v) is 4.54. The molecule has 0 saturated heterocycles. The minimum absolute atomic E-state index is 0.247. The van der Waals surface area contributed by atoms with E-state index in [0.717, 1.165) is 17.7 Å². The van der Waals surface area contributed by atoms with Gasteiger partial charge < -0.3 is 11.1 Å². The number of aromatic nitrogens is 2. The van der Waals surface area contributed by atoms with Crippen LogP contribution in [0.15, 0.2) is 24.3 Å². The lowest BCUT2D eigenvalue weighted by Crippen LogP contribution is -2.26. The molecule has 1 aromatic heterocycles. The lowest BCUT2D eigenvalue weighted by molar-refractivity contribution is 0.432. The number of nitrogens with zero attached hydrogens (tertiary/aromatic N) is 2. The molecular formula is C17H22N4. The van der Waals surface area contributed by atoms with Gasteiger partial charge in [0.2, 0.25) is 5.95 Å². The fourth-order valence-electron chi connectivity index (χ4n) is 3.00. The Bertz CT molecular complexity index is 643. The molecule has 3 N–H and O–H groups in total. The zero-order valence-electron chi connectivity index (χ0n) is 12.9. The van der Waals surface area contributed by atoms with Gasteiger partial charge in [0.25, 0.3) is 0 Å². The van der Waals surface area contributed by atoms with E-state index in [1.54, 1.807) is 0 Å². The number of hydrogen-bond acceptors (Lipinski definition) is 4. The molecule has 0 amide bonds. The van der Waals surface area contributed by atoms with Gasteiger partial charge in [-0.1, -0.05) is 31.2 Å². The summed E-state index contributed by atoms with van der Waals surface area (Å²) in [6.07, 6.45) is 2.32. The molecule has 110 valence electrons. The maximum Gasteiger partial charge on any atom is 0.225 e. The normalized spacial score (nSPS) is 20.9. The molecule has 1 aliphatic rings. The number of rotatable bonds is 2. The summed E-state index contributed by atoms with van der Waals surface area (Å²) in [5.74, 6) is 1.73. The van der Waals surface area contributed by atoms with Crippen LogP contribution in [0.3, 0.4) is 0 Å². The Hall–Kier alpha value is -2.10. The van der Waals surface area contributed by atoms with Crippen molar-refractivity contribution in [1.82, 2.24) is 9.97 Å². The van der Waals surface area contributed by atoms with E-state index in [1.807, 2.05) is 13.8 Å². The molecule has 2 unspecified atom stereocenters. The molecule has 1 aromatic carbocycles. The highest BCUT2D eigenvalue weighted by molar-refractivity contribution is 5.47. The molecule has 4 nitrogen and oxygen atoms in total. The lowest BCUT2D eigenvalue weighted by atomic mass is 9.81. The maximum atomic E-state index is 5.96. The molecular weight excluding hydrogens is 260 g/mol. The van der Waals surface area contributed by atoms with Crippen LogP contribution >= 0.6 is 0 Å². The quantitative estimate of drug-likeness (QED) is 0.886. The van der Waals surface area contributed by atoms with Crippen LogP contribution in [-0.2, 0) is 6.42 Å². The molecule has 0 fully saturated rings. The highest BCUT2D eigenvalue weighted by atomic mass is 15.1. The van der Waals surface area contributed by atoms with Crippen LogP contribution in [0.25, 0.3) is 0 Å². The summed E-state index contributed by atoms with van der Waals surface area (Å²) in [4.78, 5) is 8.92. The number of anilines is 2. The first-order valence-corrected chi connectivity index (χ1v) is 7.51. The highest BCUT2D eigenvalue weighted by Gasteiger charge is 2.26. The molecule has 0 spiro atoms. The third kappa shape index (κ3) is 2.58. The topological polar surface area (TPSA) is 63.8 Å². The van der Waals surface area contributed by atoms with Crippen molar-refractivity contribution >= 4 is 11.8 Å². The number of nitrogen functional groups attached to an aromatic ring is 1. The summed E-state index contributed by atoms with van der Waals surface area (Å²) in [6.45, 7) is 6.20. The van der Waals surface area contributed by atoms with E-state index in [4.69, 9.17) is 5.73 Å². The summed E-state index contributed by atoms with van der Waals surface area (Å²) in [5, 5.41) is 3.49.